The third-order valence-corrected chi connectivity index (χ3v) is 2.45. The summed E-state index contributed by atoms with van der Waals surface area (Å²) in [7, 11) is 4.07. The summed E-state index contributed by atoms with van der Waals surface area (Å²) in [5, 5.41) is 11.2. The number of rotatable bonds is 3. The van der Waals surface area contributed by atoms with E-state index in [9.17, 15) is 0 Å². The molecule has 0 atom stereocenters. The fourth-order valence-electron chi connectivity index (χ4n) is 1.79. The number of benzene rings is 1. The molecule has 0 aliphatic carbocycles. The highest BCUT2D eigenvalue weighted by Crippen LogP contribution is 2.25. The van der Waals surface area contributed by atoms with E-state index in [1.165, 1.54) is 5.56 Å². The van der Waals surface area contributed by atoms with Crippen LogP contribution in [-0.4, -0.2) is 24.1 Å². The highest BCUT2D eigenvalue weighted by atomic mass is 16.4. The predicted molar refractivity (Wildman–Crippen MR) is 59.5 cm³/mol. The number of hydrogen-bond acceptors (Lipinski definition) is 3. The topological polar surface area (TPSA) is 36.6 Å². The Kier molecular flexibility index (Phi) is 2.75. The number of fused-ring (bicyclic) bond motifs is 1. The predicted octanol–water partition coefficient (Wildman–Crippen LogP) is 1.99. The summed E-state index contributed by atoms with van der Waals surface area (Å²) in [4.78, 5) is 2.11. The lowest BCUT2D eigenvalue weighted by Gasteiger charge is -2.09. The molecule has 80 valence electrons. The molecular formula is C12H15NO2. The van der Waals surface area contributed by atoms with E-state index in [0.29, 0.717) is 5.76 Å². The molecule has 1 aromatic carbocycles. The Morgan fingerprint density at radius 3 is 2.73 bits per heavy atom. The number of hydrogen-bond donors (Lipinski definition) is 1. The van der Waals surface area contributed by atoms with E-state index in [1.54, 1.807) is 6.26 Å². The van der Waals surface area contributed by atoms with Gasteiger partial charge in [0.05, 0.1) is 6.26 Å². The first-order chi connectivity index (χ1) is 7.22. The highest BCUT2D eigenvalue weighted by Gasteiger charge is 2.08. The summed E-state index contributed by atoms with van der Waals surface area (Å²) in [6.07, 6.45) is 1.72. The lowest BCUT2D eigenvalue weighted by Crippen LogP contribution is -2.10. The van der Waals surface area contributed by atoms with E-state index < -0.39 is 0 Å². The van der Waals surface area contributed by atoms with Crippen molar-refractivity contribution in [1.29, 1.82) is 0 Å². The van der Waals surface area contributed by atoms with Gasteiger partial charge in [-0.25, -0.2) is 0 Å². The van der Waals surface area contributed by atoms with Crippen LogP contribution in [0.25, 0.3) is 10.8 Å². The minimum atomic E-state index is -0.0467. The maximum atomic E-state index is 9.09. The van der Waals surface area contributed by atoms with Crippen LogP contribution in [0.2, 0.25) is 0 Å². The molecule has 2 rings (SSSR count). The first-order valence-corrected chi connectivity index (χ1v) is 4.96. The second kappa shape index (κ2) is 4.04. The van der Waals surface area contributed by atoms with Crippen LogP contribution in [0.3, 0.4) is 0 Å². The van der Waals surface area contributed by atoms with Crippen molar-refractivity contribution < 1.29 is 9.52 Å². The van der Waals surface area contributed by atoms with Crippen LogP contribution < -0.4 is 0 Å². The maximum Gasteiger partial charge on any atom is 0.136 e. The van der Waals surface area contributed by atoms with Crippen LogP contribution in [0.15, 0.2) is 28.9 Å². The average molecular weight is 205 g/mol. The van der Waals surface area contributed by atoms with Gasteiger partial charge in [-0.2, -0.15) is 0 Å². The first kappa shape index (κ1) is 10.2. The van der Waals surface area contributed by atoms with Gasteiger partial charge in [0.1, 0.15) is 12.4 Å². The number of aliphatic hydroxyl groups excluding tert-OH is 1. The van der Waals surface area contributed by atoms with Crippen LogP contribution in [0.5, 0.6) is 0 Å². The summed E-state index contributed by atoms with van der Waals surface area (Å²) < 4.78 is 5.32. The summed E-state index contributed by atoms with van der Waals surface area (Å²) in [5.41, 5.74) is 1.22. The van der Waals surface area contributed by atoms with E-state index >= 15 is 0 Å². The Bertz CT molecular complexity index is 460. The summed E-state index contributed by atoms with van der Waals surface area (Å²) in [6.45, 7) is 0.830. The molecule has 3 heteroatoms. The van der Waals surface area contributed by atoms with Crippen LogP contribution in [-0.2, 0) is 13.2 Å². The van der Waals surface area contributed by atoms with Gasteiger partial charge < -0.3 is 14.4 Å². The lowest BCUT2D eigenvalue weighted by atomic mass is 10.1. The summed E-state index contributed by atoms with van der Waals surface area (Å²) in [6, 6.07) is 6.05. The number of aliphatic hydroxyl groups is 1. The van der Waals surface area contributed by atoms with Crippen LogP contribution in [0.4, 0.5) is 0 Å². The van der Waals surface area contributed by atoms with Gasteiger partial charge in [0.25, 0.3) is 0 Å². The normalized spacial score (nSPS) is 11.5. The van der Waals surface area contributed by atoms with Crippen molar-refractivity contribution in [3.63, 3.8) is 0 Å². The average Bonchev–Trinajstić information content (AvgIpc) is 2.61. The molecule has 0 amide bonds. The molecule has 0 spiro atoms. The largest absolute Gasteiger partial charge is 0.466 e. The third-order valence-electron chi connectivity index (χ3n) is 2.45. The van der Waals surface area contributed by atoms with Gasteiger partial charge in [-0.15, -0.1) is 0 Å². The van der Waals surface area contributed by atoms with Crippen LogP contribution >= 0.6 is 0 Å². The Hall–Kier alpha value is -1.32. The second-order valence-corrected chi connectivity index (χ2v) is 3.93. The van der Waals surface area contributed by atoms with Crippen molar-refractivity contribution >= 4 is 10.8 Å². The van der Waals surface area contributed by atoms with Crippen molar-refractivity contribution in [2.24, 2.45) is 0 Å². The number of nitrogens with zero attached hydrogens (tertiary/aromatic N) is 1. The third kappa shape index (κ3) is 1.89. The molecule has 0 aliphatic rings. The van der Waals surface area contributed by atoms with Gasteiger partial charge in [-0.1, -0.05) is 18.2 Å². The van der Waals surface area contributed by atoms with Crippen molar-refractivity contribution in [2.75, 3.05) is 14.1 Å². The zero-order valence-corrected chi connectivity index (χ0v) is 9.03. The Morgan fingerprint density at radius 2 is 2.07 bits per heavy atom. The van der Waals surface area contributed by atoms with Crippen molar-refractivity contribution in [1.82, 2.24) is 4.90 Å². The zero-order valence-electron chi connectivity index (χ0n) is 9.03. The van der Waals surface area contributed by atoms with Crippen LogP contribution in [0, 0.1) is 0 Å². The van der Waals surface area contributed by atoms with Crippen molar-refractivity contribution in [3.05, 3.63) is 35.8 Å². The van der Waals surface area contributed by atoms with Crippen LogP contribution in [0.1, 0.15) is 11.3 Å². The Morgan fingerprint density at radius 1 is 1.27 bits per heavy atom. The van der Waals surface area contributed by atoms with Gasteiger partial charge in [0.2, 0.25) is 0 Å². The van der Waals surface area contributed by atoms with E-state index in [4.69, 9.17) is 9.52 Å². The lowest BCUT2D eigenvalue weighted by molar-refractivity contribution is 0.249. The van der Waals surface area contributed by atoms with Gasteiger partial charge in [0.15, 0.2) is 0 Å². The first-order valence-electron chi connectivity index (χ1n) is 4.96. The molecular weight excluding hydrogens is 190 g/mol. The van der Waals surface area contributed by atoms with Gasteiger partial charge in [-0.05, 0) is 19.7 Å². The van der Waals surface area contributed by atoms with E-state index in [-0.39, 0.29) is 6.61 Å². The molecule has 2 aromatic rings. The monoisotopic (exact) mass is 205 g/mol. The summed E-state index contributed by atoms with van der Waals surface area (Å²) in [5.74, 6) is 0.644. The molecule has 0 aliphatic heterocycles. The fraction of sp³-hybridized carbons (Fsp3) is 0.333. The standard InChI is InChI=1S/C12H15NO2/c1-13(2)6-9-4-3-5-10-11(9)8-15-12(10)7-14/h3-5,8,14H,6-7H2,1-2H3. The molecule has 3 nitrogen and oxygen atoms in total. The molecule has 15 heavy (non-hydrogen) atoms. The van der Waals surface area contributed by atoms with Gasteiger partial charge >= 0.3 is 0 Å². The maximum absolute atomic E-state index is 9.09. The van der Waals surface area contributed by atoms with Crippen molar-refractivity contribution in [3.8, 4) is 0 Å². The molecule has 1 heterocycles. The minimum absolute atomic E-state index is 0.0467. The Balaban J connectivity index is 2.52. The zero-order chi connectivity index (χ0) is 10.8. The molecule has 0 bridgehead atoms. The molecule has 0 radical (unpaired) electrons. The van der Waals surface area contributed by atoms with E-state index in [0.717, 1.165) is 17.3 Å². The smallest absolute Gasteiger partial charge is 0.136 e. The SMILES string of the molecule is CN(C)Cc1cccc2c(CO)occ12. The van der Waals surface area contributed by atoms with E-state index in [2.05, 4.69) is 11.0 Å². The molecule has 1 aromatic heterocycles. The summed E-state index contributed by atoms with van der Waals surface area (Å²) >= 11 is 0. The van der Waals surface area contributed by atoms with Gasteiger partial charge in [-0.3, -0.25) is 0 Å². The molecule has 0 saturated heterocycles. The highest BCUT2D eigenvalue weighted by molar-refractivity contribution is 5.87. The Labute approximate surface area is 88.9 Å². The fourth-order valence-corrected chi connectivity index (χ4v) is 1.79. The number of furan rings is 1. The van der Waals surface area contributed by atoms with E-state index in [1.807, 2.05) is 26.2 Å². The molecule has 0 saturated carbocycles. The second-order valence-electron chi connectivity index (χ2n) is 3.93. The minimum Gasteiger partial charge on any atom is -0.466 e. The van der Waals surface area contributed by atoms with Gasteiger partial charge in [0, 0.05) is 17.3 Å². The molecule has 0 fully saturated rings. The van der Waals surface area contributed by atoms with Crippen molar-refractivity contribution in [2.45, 2.75) is 13.2 Å². The quantitative estimate of drug-likeness (QED) is 0.832. The molecule has 1 N–H and O–H groups in total. The molecule has 0 unspecified atom stereocenters.